The highest BCUT2D eigenvalue weighted by atomic mass is 16.5. The number of piperazine rings is 1. The highest BCUT2D eigenvalue weighted by Gasteiger charge is 2.36. The minimum absolute atomic E-state index is 0.534. The maximum Gasteiger partial charge on any atom is 0.119 e. The van der Waals surface area contributed by atoms with Crippen LogP contribution in [0.2, 0.25) is 0 Å². The summed E-state index contributed by atoms with van der Waals surface area (Å²) in [5.74, 6) is 1.37. The number of nitrogens with zero attached hydrogens (tertiary/aromatic N) is 4. The molecular formula is C22H22N4O. The normalized spacial score (nSPS) is 21.9. The van der Waals surface area contributed by atoms with Crippen LogP contribution in [0, 0.1) is 28.6 Å². The third kappa shape index (κ3) is 3.89. The molecule has 0 aromatic heterocycles. The Kier molecular flexibility index (Phi) is 4.96. The summed E-state index contributed by atoms with van der Waals surface area (Å²) in [4.78, 5) is 5.00. The van der Waals surface area contributed by atoms with Crippen LogP contribution in [0.4, 0.5) is 5.69 Å². The molecule has 2 atom stereocenters. The van der Waals surface area contributed by atoms with Crippen LogP contribution >= 0.6 is 0 Å². The fourth-order valence-electron chi connectivity index (χ4n) is 4.09. The Hall–Kier alpha value is -3.02. The zero-order chi connectivity index (χ0) is 18.6. The minimum atomic E-state index is 0.534. The van der Waals surface area contributed by atoms with Crippen LogP contribution in [-0.2, 0) is 0 Å². The molecule has 5 nitrogen and oxygen atoms in total. The van der Waals surface area contributed by atoms with Crippen molar-refractivity contribution in [3.63, 3.8) is 0 Å². The van der Waals surface area contributed by atoms with E-state index in [0.29, 0.717) is 23.1 Å². The van der Waals surface area contributed by atoms with Gasteiger partial charge in [0.05, 0.1) is 29.9 Å². The third-order valence-corrected chi connectivity index (χ3v) is 5.53. The summed E-state index contributed by atoms with van der Waals surface area (Å²) in [6.45, 7) is 4.92. The average molecular weight is 358 g/mol. The van der Waals surface area contributed by atoms with E-state index in [1.165, 1.54) is 5.69 Å². The molecule has 5 heteroatoms. The molecule has 2 saturated heterocycles. The molecule has 0 aliphatic carbocycles. The summed E-state index contributed by atoms with van der Waals surface area (Å²) >= 11 is 0. The highest BCUT2D eigenvalue weighted by Crippen LogP contribution is 2.29. The second-order valence-electron chi connectivity index (χ2n) is 7.30. The molecule has 2 fully saturated rings. The van der Waals surface area contributed by atoms with Gasteiger partial charge in [0.25, 0.3) is 0 Å². The molecule has 0 bridgehead atoms. The lowest BCUT2D eigenvalue weighted by atomic mass is 10.1. The lowest BCUT2D eigenvalue weighted by Crippen LogP contribution is -2.50. The molecular weight excluding hydrogens is 336 g/mol. The molecule has 2 aromatic carbocycles. The predicted octanol–water partition coefficient (Wildman–Crippen LogP) is 3.02. The van der Waals surface area contributed by atoms with Crippen molar-refractivity contribution in [2.45, 2.75) is 12.5 Å². The summed E-state index contributed by atoms with van der Waals surface area (Å²) in [6, 6.07) is 20.1. The first-order chi connectivity index (χ1) is 13.2. The molecule has 4 rings (SSSR count). The van der Waals surface area contributed by atoms with E-state index in [9.17, 15) is 0 Å². The SMILES string of the molecule is N#Cc1ccc(OC[C@H]2C[C@H]3CN(c4ccc(C#N)cc4)CCN3C2)cc1. The molecule has 2 aliphatic heterocycles. The van der Waals surface area contributed by atoms with Gasteiger partial charge in [-0.15, -0.1) is 0 Å². The zero-order valence-electron chi connectivity index (χ0n) is 15.2. The van der Waals surface area contributed by atoms with E-state index in [4.69, 9.17) is 15.3 Å². The van der Waals surface area contributed by atoms with Crippen LogP contribution in [0.15, 0.2) is 48.5 Å². The fraction of sp³-hybridized carbons (Fsp3) is 0.364. The molecule has 2 heterocycles. The first-order valence-corrected chi connectivity index (χ1v) is 9.37. The molecule has 0 spiro atoms. The molecule has 2 aliphatic rings. The van der Waals surface area contributed by atoms with E-state index >= 15 is 0 Å². The number of ether oxygens (including phenoxy) is 1. The van der Waals surface area contributed by atoms with Gasteiger partial charge in [-0.1, -0.05) is 0 Å². The van der Waals surface area contributed by atoms with Crippen LogP contribution in [0.5, 0.6) is 5.75 Å². The van der Waals surface area contributed by atoms with Crippen LogP contribution in [0.3, 0.4) is 0 Å². The number of hydrogen-bond donors (Lipinski definition) is 0. The molecule has 2 aromatic rings. The van der Waals surface area contributed by atoms with E-state index in [-0.39, 0.29) is 0 Å². The average Bonchev–Trinajstić information content (AvgIpc) is 3.15. The van der Waals surface area contributed by atoms with Crippen LogP contribution < -0.4 is 9.64 Å². The number of fused-ring (bicyclic) bond motifs is 1. The van der Waals surface area contributed by atoms with E-state index in [1.54, 1.807) is 12.1 Å². The van der Waals surface area contributed by atoms with Gasteiger partial charge in [-0.05, 0) is 55.0 Å². The van der Waals surface area contributed by atoms with Gasteiger partial charge in [0, 0.05) is 43.8 Å². The molecule has 0 amide bonds. The molecule has 27 heavy (non-hydrogen) atoms. The second-order valence-corrected chi connectivity index (χ2v) is 7.30. The minimum Gasteiger partial charge on any atom is -0.493 e. The van der Waals surface area contributed by atoms with Crippen molar-refractivity contribution in [1.29, 1.82) is 10.5 Å². The van der Waals surface area contributed by atoms with E-state index < -0.39 is 0 Å². The van der Waals surface area contributed by atoms with Crippen molar-refractivity contribution in [2.24, 2.45) is 5.92 Å². The highest BCUT2D eigenvalue weighted by molar-refractivity contribution is 5.50. The van der Waals surface area contributed by atoms with E-state index in [2.05, 4.69) is 34.1 Å². The summed E-state index contributed by atoms with van der Waals surface area (Å²) in [6.07, 6.45) is 1.14. The van der Waals surface area contributed by atoms with Gasteiger partial charge >= 0.3 is 0 Å². The summed E-state index contributed by atoms with van der Waals surface area (Å²) in [5.41, 5.74) is 2.56. The standard InChI is InChI=1S/C22H22N4O/c23-12-17-1-5-20(6-2-17)26-10-9-25-14-19(11-21(25)15-26)16-27-22-7-3-18(13-24)4-8-22/h1-8,19,21H,9-11,14-16H2/t19-,21-/m0/s1. The number of anilines is 1. The van der Waals surface area contributed by atoms with Gasteiger partial charge in [-0.2, -0.15) is 10.5 Å². The second kappa shape index (κ2) is 7.70. The van der Waals surface area contributed by atoms with Crippen molar-refractivity contribution in [1.82, 2.24) is 4.90 Å². The predicted molar refractivity (Wildman–Crippen MR) is 103 cm³/mol. The fourth-order valence-corrected chi connectivity index (χ4v) is 4.09. The Morgan fingerprint density at radius 2 is 1.56 bits per heavy atom. The summed E-state index contributed by atoms with van der Waals surface area (Å²) < 4.78 is 5.95. The van der Waals surface area contributed by atoms with Crippen molar-refractivity contribution in [2.75, 3.05) is 37.7 Å². The molecule has 0 N–H and O–H groups in total. The van der Waals surface area contributed by atoms with Crippen LogP contribution in [0.25, 0.3) is 0 Å². The van der Waals surface area contributed by atoms with Crippen LogP contribution in [0.1, 0.15) is 17.5 Å². The Bertz CT molecular complexity index is 863. The van der Waals surface area contributed by atoms with Crippen molar-refractivity contribution in [3.8, 4) is 17.9 Å². The van der Waals surface area contributed by atoms with Gasteiger partial charge < -0.3 is 9.64 Å². The Morgan fingerprint density at radius 1 is 0.889 bits per heavy atom. The van der Waals surface area contributed by atoms with Gasteiger partial charge in [0.1, 0.15) is 5.75 Å². The topological polar surface area (TPSA) is 63.3 Å². The Balaban J connectivity index is 1.31. The van der Waals surface area contributed by atoms with E-state index in [1.807, 2.05) is 24.3 Å². The van der Waals surface area contributed by atoms with Gasteiger partial charge in [-0.25, -0.2) is 0 Å². The number of benzene rings is 2. The molecule has 0 radical (unpaired) electrons. The lowest BCUT2D eigenvalue weighted by molar-refractivity contribution is 0.217. The zero-order valence-corrected chi connectivity index (χ0v) is 15.2. The Morgan fingerprint density at radius 3 is 2.22 bits per heavy atom. The lowest BCUT2D eigenvalue weighted by Gasteiger charge is -2.38. The molecule has 136 valence electrons. The first-order valence-electron chi connectivity index (χ1n) is 9.37. The maximum absolute atomic E-state index is 8.95. The quantitative estimate of drug-likeness (QED) is 0.841. The van der Waals surface area contributed by atoms with Gasteiger partial charge in [-0.3, -0.25) is 4.90 Å². The number of rotatable bonds is 4. The summed E-state index contributed by atoms with van der Waals surface area (Å²) in [5, 5.41) is 17.8. The van der Waals surface area contributed by atoms with E-state index in [0.717, 1.165) is 45.0 Å². The monoisotopic (exact) mass is 358 g/mol. The van der Waals surface area contributed by atoms with Crippen LogP contribution in [-0.4, -0.2) is 43.7 Å². The van der Waals surface area contributed by atoms with Gasteiger partial charge in [0.2, 0.25) is 0 Å². The first kappa shape index (κ1) is 17.4. The third-order valence-electron chi connectivity index (χ3n) is 5.53. The van der Waals surface area contributed by atoms with Crippen molar-refractivity contribution in [3.05, 3.63) is 59.7 Å². The summed E-state index contributed by atoms with van der Waals surface area (Å²) in [7, 11) is 0. The van der Waals surface area contributed by atoms with Crippen molar-refractivity contribution >= 4 is 5.69 Å². The smallest absolute Gasteiger partial charge is 0.119 e. The number of nitriles is 2. The van der Waals surface area contributed by atoms with Crippen molar-refractivity contribution < 1.29 is 4.74 Å². The molecule has 0 saturated carbocycles. The largest absolute Gasteiger partial charge is 0.493 e. The Labute approximate surface area is 160 Å². The maximum atomic E-state index is 8.95. The number of hydrogen-bond acceptors (Lipinski definition) is 5. The molecule has 0 unspecified atom stereocenters. The van der Waals surface area contributed by atoms with Gasteiger partial charge in [0.15, 0.2) is 0 Å².